The highest BCUT2D eigenvalue weighted by atomic mass is 16.5. The van der Waals surface area contributed by atoms with E-state index < -0.39 is 0 Å². The van der Waals surface area contributed by atoms with Crippen LogP contribution in [0.15, 0.2) is 16.7 Å². The van der Waals surface area contributed by atoms with Gasteiger partial charge >= 0.3 is 0 Å². The fourth-order valence-corrected chi connectivity index (χ4v) is 1.68. The number of hydrogen-bond acceptors (Lipinski definition) is 4. The molecule has 0 aliphatic heterocycles. The van der Waals surface area contributed by atoms with Crippen LogP contribution >= 0.6 is 0 Å². The normalized spacial score (nSPS) is 11.6. The van der Waals surface area contributed by atoms with E-state index in [1.54, 1.807) is 6.07 Å². The first-order chi connectivity index (χ1) is 7.43. The number of fused-ring (bicyclic) bond motifs is 1. The molecule has 0 spiro atoms. The Hall–Kier alpha value is -2.02. The van der Waals surface area contributed by atoms with Gasteiger partial charge in [-0.05, 0) is 17.5 Å². The van der Waals surface area contributed by atoms with Crippen molar-refractivity contribution in [1.82, 2.24) is 5.16 Å². The lowest BCUT2D eigenvalue weighted by molar-refractivity contribution is 0.450. The summed E-state index contributed by atoms with van der Waals surface area (Å²) in [6, 6.07) is 5.65. The molecule has 16 heavy (non-hydrogen) atoms. The van der Waals surface area contributed by atoms with Crippen LogP contribution in [-0.4, -0.2) is 5.16 Å². The standard InChI is InChI=1S/C12H13N3O/c1-12(2,3)9-5-7(6-13)4-8-10(9)16-15-11(8)14/h4-5H,1-3H3,(H2,14,15). The van der Waals surface area contributed by atoms with Gasteiger partial charge in [0.1, 0.15) is 0 Å². The predicted octanol–water partition coefficient (Wildman–Crippen LogP) is 2.58. The molecule has 0 radical (unpaired) electrons. The maximum atomic E-state index is 8.97. The topological polar surface area (TPSA) is 75.8 Å². The van der Waals surface area contributed by atoms with Crippen LogP contribution in [0.4, 0.5) is 5.82 Å². The van der Waals surface area contributed by atoms with Gasteiger partial charge in [-0.15, -0.1) is 0 Å². The molecule has 0 saturated carbocycles. The number of nitriles is 1. The predicted molar refractivity (Wildman–Crippen MR) is 61.8 cm³/mol. The van der Waals surface area contributed by atoms with E-state index in [-0.39, 0.29) is 5.41 Å². The van der Waals surface area contributed by atoms with Crippen LogP contribution in [0.5, 0.6) is 0 Å². The minimum absolute atomic E-state index is 0.114. The van der Waals surface area contributed by atoms with Gasteiger partial charge in [0.15, 0.2) is 11.4 Å². The Morgan fingerprint density at radius 1 is 1.38 bits per heavy atom. The van der Waals surface area contributed by atoms with Crippen molar-refractivity contribution >= 4 is 16.8 Å². The van der Waals surface area contributed by atoms with Gasteiger partial charge in [-0.3, -0.25) is 0 Å². The molecule has 1 heterocycles. The van der Waals surface area contributed by atoms with Crippen molar-refractivity contribution in [1.29, 1.82) is 5.26 Å². The lowest BCUT2D eigenvalue weighted by Gasteiger charge is -2.18. The van der Waals surface area contributed by atoms with Crippen LogP contribution in [0.3, 0.4) is 0 Å². The van der Waals surface area contributed by atoms with Crippen molar-refractivity contribution in [3.8, 4) is 6.07 Å². The first-order valence-corrected chi connectivity index (χ1v) is 5.03. The Labute approximate surface area is 93.6 Å². The Morgan fingerprint density at radius 2 is 2.06 bits per heavy atom. The molecule has 4 nitrogen and oxygen atoms in total. The first kappa shape index (κ1) is 10.5. The molecule has 1 aromatic heterocycles. The summed E-state index contributed by atoms with van der Waals surface area (Å²) in [6.07, 6.45) is 0. The van der Waals surface area contributed by atoms with Gasteiger partial charge in [0.2, 0.25) is 0 Å². The van der Waals surface area contributed by atoms with Crippen molar-refractivity contribution in [3.63, 3.8) is 0 Å². The third-order valence-electron chi connectivity index (χ3n) is 2.54. The number of nitrogens with two attached hydrogens (primary N) is 1. The fraction of sp³-hybridized carbons (Fsp3) is 0.333. The number of nitrogens with zero attached hydrogens (tertiary/aromatic N) is 2. The van der Waals surface area contributed by atoms with Crippen molar-refractivity contribution in [2.75, 3.05) is 5.73 Å². The van der Waals surface area contributed by atoms with Gasteiger partial charge in [0.05, 0.1) is 17.0 Å². The summed E-state index contributed by atoms with van der Waals surface area (Å²) in [4.78, 5) is 0. The molecule has 82 valence electrons. The monoisotopic (exact) mass is 215 g/mol. The zero-order chi connectivity index (χ0) is 11.9. The molecule has 0 aliphatic rings. The second-order valence-electron chi connectivity index (χ2n) is 4.83. The summed E-state index contributed by atoms with van der Waals surface area (Å²) in [5.41, 5.74) is 7.78. The maximum absolute atomic E-state index is 8.97. The molecule has 0 atom stereocenters. The van der Waals surface area contributed by atoms with Gasteiger partial charge < -0.3 is 10.3 Å². The Morgan fingerprint density at radius 3 is 2.62 bits per heavy atom. The smallest absolute Gasteiger partial charge is 0.174 e. The van der Waals surface area contributed by atoms with Crippen LogP contribution < -0.4 is 5.73 Å². The second kappa shape index (κ2) is 3.24. The molecular formula is C12H13N3O. The first-order valence-electron chi connectivity index (χ1n) is 5.03. The van der Waals surface area contributed by atoms with Crippen molar-refractivity contribution in [2.45, 2.75) is 26.2 Å². The van der Waals surface area contributed by atoms with Crippen LogP contribution in [0.1, 0.15) is 31.9 Å². The minimum atomic E-state index is -0.114. The van der Waals surface area contributed by atoms with Gasteiger partial charge in [0, 0.05) is 5.56 Å². The van der Waals surface area contributed by atoms with Gasteiger partial charge in [-0.1, -0.05) is 25.9 Å². The molecule has 0 fully saturated rings. The summed E-state index contributed by atoms with van der Waals surface area (Å²) in [6.45, 7) is 6.17. The molecule has 2 aromatic rings. The summed E-state index contributed by atoms with van der Waals surface area (Å²) in [7, 11) is 0. The van der Waals surface area contributed by atoms with E-state index in [9.17, 15) is 0 Å². The lowest BCUT2D eigenvalue weighted by Crippen LogP contribution is -2.11. The van der Waals surface area contributed by atoms with Crippen LogP contribution in [0.2, 0.25) is 0 Å². The zero-order valence-electron chi connectivity index (χ0n) is 9.53. The maximum Gasteiger partial charge on any atom is 0.174 e. The average Bonchev–Trinajstić information content (AvgIpc) is 2.58. The van der Waals surface area contributed by atoms with Crippen molar-refractivity contribution < 1.29 is 4.52 Å². The summed E-state index contributed by atoms with van der Waals surface area (Å²) >= 11 is 0. The molecule has 0 bridgehead atoms. The molecular weight excluding hydrogens is 202 g/mol. The minimum Gasteiger partial charge on any atom is -0.380 e. The third kappa shape index (κ3) is 1.50. The fourth-order valence-electron chi connectivity index (χ4n) is 1.68. The molecule has 0 unspecified atom stereocenters. The molecule has 2 N–H and O–H groups in total. The van der Waals surface area contributed by atoms with Gasteiger partial charge in [-0.25, -0.2) is 0 Å². The number of rotatable bonds is 0. The highest BCUT2D eigenvalue weighted by molar-refractivity contribution is 5.90. The quantitative estimate of drug-likeness (QED) is 0.732. The summed E-state index contributed by atoms with van der Waals surface area (Å²) < 4.78 is 5.22. The zero-order valence-corrected chi connectivity index (χ0v) is 9.53. The molecule has 0 saturated heterocycles. The highest BCUT2D eigenvalue weighted by Crippen LogP contribution is 2.33. The van der Waals surface area contributed by atoms with E-state index in [1.165, 1.54) is 0 Å². The highest BCUT2D eigenvalue weighted by Gasteiger charge is 2.22. The number of aromatic nitrogens is 1. The number of nitrogen functional groups attached to an aromatic ring is 1. The number of hydrogen-bond donors (Lipinski definition) is 1. The van der Waals surface area contributed by atoms with E-state index in [0.29, 0.717) is 22.4 Å². The van der Waals surface area contributed by atoms with E-state index in [0.717, 1.165) is 5.56 Å². The molecule has 1 aromatic carbocycles. The van der Waals surface area contributed by atoms with E-state index in [4.69, 9.17) is 15.5 Å². The molecule has 0 amide bonds. The SMILES string of the molecule is CC(C)(C)c1cc(C#N)cc2c(N)noc12. The lowest BCUT2D eigenvalue weighted by atomic mass is 9.85. The Kier molecular flexibility index (Phi) is 2.13. The van der Waals surface area contributed by atoms with Gasteiger partial charge in [-0.2, -0.15) is 5.26 Å². The largest absolute Gasteiger partial charge is 0.380 e. The van der Waals surface area contributed by atoms with E-state index in [2.05, 4.69) is 32.0 Å². The van der Waals surface area contributed by atoms with E-state index >= 15 is 0 Å². The summed E-state index contributed by atoms with van der Waals surface area (Å²) in [5, 5.41) is 13.4. The van der Waals surface area contributed by atoms with Crippen LogP contribution in [0.25, 0.3) is 11.0 Å². The Bertz CT molecular complexity index is 585. The molecule has 4 heteroatoms. The van der Waals surface area contributed by atoms with Crippen molar-refractivity contribution in [2.24, 2.45) is 0 Å². The Balaban J connectivity index is 2.87. The number of anilines is 1. The third-order valence-corrected chi connectivity index (χ3v) is 2.54. The second-order valence-corrected chi connectivity index (χ2v) is 4.83. The van der Waals surface area contributed by atoms with Crippen LogP contribution in [-0.2, 0) is 5.41 Å². The summed E-state index contributed by atoms with van der Waals surface area (Å²) in [5.74, 6) is 0.331. The number of benzene rings is 1. The van der Waals surface area contributed by atoms with Gasteiger partial charge in [0.25, 0.3) is 0 Å². The van der Waals surface area contributed by atoms with E-state index in [1.807, 2.05) is 6.07 Å². The van der Waals surface area contributed by atoms with Crippen LogP contribution in [0, 0.1) is 11.3 Å². The molecule has 2 rings (SSSR count). The van der Waals surface area contributed by atoms with Crippen molar-refractivity contribution in [3.05, 3.63) is 23.3 Å². The average molecular weight is 215 g/mol. The molecule has 0 aliphatic carbocycles.